The first kappa shape index (κ1) is 26.3. The molecule has 0 bridgehead atoms. The van der Waals surface area contributed by atoms with Crippen LogP contribution in [0.5, 0.6) is 5.75 Å². The Morgan fingerprint density at radius 3 is 2.53 bits per heavy atom. The van der Waals surface area contributed by atoms with Crippen molar-refractivity contribution in [3.8, 4) is 5.75 Å². The van der Waals surface area contributed by atoms with Crippen LogP contribution in [0.2, 0.25) is 5.02 Å². The topological polar surface area (TPSA) is 99.2 Å². The van der Waals surface area contributed by atoms with E-state index in [1.807, 2.05) is 32.8 Å². The average molecular weight is 510 g/mol. The van der Waals surface area contributed by atoms with Gasteiger partial charge in [0.15, 0.2) is 0 Å². The largest absolute Gasteiger partial charge is 0.488 e. The van der Waals surface area contributed by atoms with E-state index in [-0.39, 0.29) is 41.9 Å². The molecule has 0 saturated carbocycles. The lowest BCUT2D eigenvalue weighted by atomic mass is 10.0. The highest BCUT2D eigenvalue weighted by Crippen LogP contribution is 2.30. The van der Waals surface area contributed by atoms with Crippen LogP contribution in [0.4, 0.5) is 5.69 Å². The molecule has 2 N–H and O–H groups in total. The second-order valence-electron chi connectivity index (χ2n) is 9.03. The number of likely N-dealkylation sites (N-methyl/N-ethyl adjacent to an activating group) is 1. The Morgan fingerprint density at radius 2 is 1.91 bits per heavy atom. The van der Waals surface area contributed by atoms with Crippen LogP contribution in [-0.2, 0) is 21.2 Å². The van der Waals surface area contributed by atoms with E-state index < -0.39 is 10.0 Å². The highest BCUT2D eigenvalue weighted by Gasteiger charge is 2.31. The number of sulfonamides is 1. The first-order valence-electron chi connectivity index (χ1n) is 11.1. The van der Waals surface area contributed by atoms with Gasteiger partial charge in [-0.15, -0.1) is 0 Å². The van der Waals surface area contributed by atoms with Gasteiger partial charge in [0.2, 0.25) is 5.91 Å². The third-order valence-corrected chi connectivity index (χ3v) is 7.49. The van der Waals surface area contributed by atoms with Crippen molar-refractivity contribution in [2.24, 2.45) is 5.92 Å². The van der Waals surface area contributed by atoms with E-state index in [0.29, 0.717) is 35.1 Å². The molecule has 2 aromatic carbocycles. The fourth-order valence-corrected chi connectivity index (χ4v) is 5.07. The predicted molar refractivity (Wildman–Crippen MR) is 133 cm³/mol. The Bertz CT molecular complexity index is 1110. The normalized spacial score (nSPS) is 20.1. The number of nitrogens with zero attached hydrogens (tertiary/aromatic N) is 2. The van der Waals surface area contributed by atoms with Crippen LogP contribution in [0.3, 0.4) is 0 Å². The van der Waals surface area contributed by atoms with Gasteiger partial charge >= 0.3 is 0 Å². The molecule has 0 aromatic heterocycles. The summed E-state index contributed by atoms with van der Waals surface area (Å²) in [5.74, 6) is 0.399. The Balaban J connectivity index is 1.97. The Kier molecular flexibility index (Phi) is 8.46. The number of ether oxygens (including phenoxy) is 1. The SMILES string of the molecule is C[C@H](CO)N1C[C@H](C)[C@@H](CN(C)C)Oc2ccc(NS(=O)(=O)c3ccc(Cl)cc3)cc2CC1=O. The van der Waals surface area contributed by atoms with Gasteiger partial charge in [0, 0.05) is 35.3 Å². The van der Waals surface area contributed by atoms with Crippen LogP contribution >= 0.6 is 11.6 Å². The maximum atomic E-state index is 13.2. The fourth-order valence-electron chi connectivity index (χ4n) is 3.90. The molecule has 0 spiro atoms. The molecule has 8 nitrogen and oxygen atoms in total. The highest BCUT2D eigenvalue weighted by atomic mass is 35.5. The van der Waals surface area contributed by atoms with E-state index in [1.165, 1.54) is 24.3 Å². The van der Waals surface area contributed by atoms with Gasteiger partial charge in [0.25, 0.3) is 10.0 Å². The van der Waals surface area contributed by atoms with Crippen molar-refractivity contribution in [2.45, 2.75) is 37.3 Å². The second-order valence-corrected chi connectivity index (χ2v) is 11.2. The van der Waals surface area contributed by atoms with E-state index in [1.54, 1.807) is 23.1 Å². The zero-order valence-electron chi connectivity index (χ0n) is 19.9. The number of amides is 1. The monoisotopic (exact) mass is 509 g/mol. The van der Waals surface area contributed by atoms with E-state index in [4.69, 9.17) is 16.3 Å². The summed E-state index contributed by atoms with van der Waals surface area (Å²) in [6.07, 6.45) is -0.179. The first-order chi connectivity index (χ1) is 16.0. The maximum Gasteiger partial charge on any atom is 0.261 e. The number of hydrogen-bond acceptors (Lipinski definition) is 6. The lowest BCUT2D eigenvalue weighted by Gasteiger charge is -2.33. The molecule has 1 amide bonds. The molecular formula is C24H32ClN3O5S. The van der Waals surface area contributed by atoms with Crippen molar-refractivity contribution < 1.29 is 23.1 Å². The molecule has 1 aliphatic heterocycles. The van der Waals surface area contributed by atoms with Crippen molar-refractivity contribution >= 4 is 33.2 Å². The zero-order valence-corrected chi connectivity index (χ0v) is 21.4. The Morgan fingerprint density at radius 1 is 1.24 bits per heavy atom. The molecule has 0 fully saturated rings. The van der Waals surface area contributed by atoms with Crippen LogP contribution < -0.4 is 9.46 Å². The molecular weight excluding hydrogens is 478 g/mol. The standard InChI is InChI=1S/C24H32ClN3O5S/c1-16-13-28(17(2)15-29)24(30)12-18-11-20(7-10-22(18)33-23(16)14-27(3)4)26-34(31,32)21-8-5-19(25)6-9-21/h5-11,16-17,23,26,29H,12-15H2,1-4H3/t16-,17+,23+/m0/s1. The third kappa shape index (κ3) is 6.41. The molecule has 2 aromatic rings. The number of anilines is 1. The van der Waals surface area contributed by atoms with Gasteiger partial charge in [-0.05, 0) is 63.5 Å². The van der Waals surface area contributed by atoms with Crippen LogP contribution in [-0.4, -0.2) is 75.2 Å². The van der Waals surface area contributed by atoms with Crippen molar-refractivity contribution in [2.75, 3.05) is 38.5 Å². The first-order valence-corrected chi connectivity index (χ1v) is 13.0. The van der Waals surface area contributed by atoms with Crippen molar-refractivity contribution in [1.82, 2.24) is 9.80 Å². The smallest absolute Gasteiger partial charge is 0.261 e. The minimum atomic E-state index is -3.84. The van der Waals surface area contributed by atoms with Gasteiger partial charge in [-0.25, -0.2) is 8.42 Å². The maximum absolute atomic E-state index is 13.2. The number of aliphatic hydroxyl groups is 1. The van der Waals surface area contributed by atoms with Crippen LogP contribution in [0.1, 0.15) is 19.4 Å². The number of nitrogens with one attached hydrogen (secondary N) is 1. The fraction of sp³-hybridized carbons (Fsp3) is 0.458. The van der Waals surface area contributed by atoms with Gasteiger partial charge in [-0.2, -0.15) is 0 Å². The highest BCUT2D eigenvalue weighted by molar-refractivity contribution is 7.92. The quantitative estimate of drug-likeness (QED) is 0.595. The van der Waals surface area contributed by atoms with E-state index in [0.717, 1.165) is 0 Å². The lowest BCUT2D eigenvalue weighted by molar-refractivity contribution is -0.134. The van der Waals surface area contributed by atoms with Crippen molar-refractivity contribution in [1.29, 1.82) is 0 Å². The van der Waals surface area contributed by atoms with E-state index >= 15 is 0 Å². The van der Waals surface area contributed by atoms with Crippen molar-refractivity contribution in [3.63, 3.8) is 0 Å². The van der Waals surface area contributed by atoms with Gasteiger partial charge in [0.1, 0.15) is 11.9 Å². The molecule has 3 rings (SSSR count). The summed E-state index contributed by atoms with van der Waals surface area (Å²) in [6, 6.07) is 10.5. The molecule has 186 valence electrons. The summed E-state index contributed by atoms with van der Waals surface area (Å²) in [5.41, 5.74) is 0.901. The number of rotatable bonds is 7. The second kappa shape index (κ2) is 10.9. The Labute approximate surface area is 206 Å². The molecule has 0 saturated heterocycles. The number of hydrogen-bond donors (Lipinski definition) is 2. The summed E-state index contributed by atoms with van der Waals surface area (Å²) < 4.78 is 34.6. The van der Waals surface area contributed by atoms with E-state index in [9.17, 15) is 18.3 Å². The molecule has 34 heavy (non-hydrogen) atoms. The summed E-state index contributed by atoms with van der Waals surface area (Å²) in [7, 11) is 0.0700. The van der Waals surface area contributed by atoms with Crippen LogP contribution in [0.25, 0.3) is 0 Å². The zero-order chi connectivity index (χ0) is 25.0. The van der Waals surface area contributed by atoms with Gasteiger partial charge in [-0.1, -0.05) is 18.5 Å². The van der Waals surface area contributed by atoms with Crippen LogP contribution in [0.15, 0.2) is 47.4 Å². The summed E-state index contributed by atoms with van der Waals surface area (Å²) in [5, 5.41) is 10.1. The predicted octanol–water partition coefficient (Wildman–Crippen LogP) is 2.85. The third-order valence-electron chi connectivity index (χ3n) is 5.84. The molecule has 0 unspecified atom stereocenters. The number of carbonyl (C=O) groups is 1. The minimum Gasteiger partial charge on any atom is -0.488 e. The summed E-state index contributed by atoms with van der Waals surface area (Å²) >= 11 is 5.87. The molecule has 3 atom stereocenters. The number of benzene rings is 2. The number of carbonyl (C=O) groups excluding carboxylic acids is 1. The molecule has 0 radical (unpaired) electrons. The minimum absolute atomic E-state index is 0.00869. The Hall–Kier alpha value is -2.33. The average Bonchev–Trinajstić information content (AvgIpc) is 2.81. The lowest BCUT2D eigenvalue weighted by Crippen LogP contribution is -2.47. The van der Waals surface area contributed by atoms with Gasteiger partial charge in [-0.3, -0.25) is 9.52 Å². The number of aliphatic hydroxyl groups excluding tert-OH is 1. The van der Waals surface area contributed by atoms with Crippen LogP contribution in [0, 0.1) is 5.92 Å². The van der Waals surface area contributed by atoms with E-state index in [2.05, 4.69) is 4.72 Å². The molecule has 1 heterocycles. The summed E-state index contributed by atoms with van der Waals surface area (Å²) in [6.45, 7) is 4.77. The molecule has 1 aliphatic rings. The number of fused-ring (bicyclic) bond motifs is 1. The molecule has 0 aliphatic carbocycles. The van der Waals surface area contributed by atoms with Gasteiger partial charge in [0.05, 0.1) is 24.0 Å². The number of halogens is 1. The molecule has 10 heteroatoms. The van der Waals surface area contributed by atoms with Gasteiger partial charge < -0.3 is 19.6 Å². The van der Waals surface area contributed by atoms with Crippen molar-refractivity contribution in [3.05, 3.63) is 53.1 Å². The summed E-state index contributed by atoms with van der Waals surface area (Å²) in [4.78, 5) is 17.0.